The van der Waals surface area contributed by atoms with Crippen LogP contribution >= 0.6 is 11.6 Å². The Morgan fingerprint density at radius 1 is 0.967 bits per heavy atom. The van der Waals surface area contributed by atoms with Gasteiger partial charge in [0.1, 0.15) is 0 Å². The highest BCUT2D eigenvalue weighted by molar-refractivity contribution is 6.30. The summed E-state index contributed by atoms with van der Waals surface area (Å²) in [5.74, 6) is 0.815. The molecule has 3 rings (SSSR count). The maximum atomic E-state index is 6.05. The first-order valence-corrected chi connectivity index (χ1v) is 11.2. The van der Waals surface area contributed by atoms with Gasteiger partial charge in [0.15, 0.2) is 5.96 Å². The number of guanidine groups is 1. The quantitative estimate of drug-likeness (QED) is 0.525. The van der Waals surface area contributed by atoms with Crippen LogP contribution in [0.15, 0.2) is 53.5 Å². The van der Waals surface area contributed by atoms with Gasteiger partial charge < -0.3 is 15.5 Å². The van der Waals surface area contributed by atoms with Crippen molar-refractivity contribution in [2.45, 2.75) is 25.9 Å². The van der Waals surface area contributed by atoms with Gasteiger partial charge in [0.05, 0.1) is 0 Å². The van der Waals surface area contributed by atoms with E-state index in [-0.39, 0.29) is 0 Å². The Kier molecular flexibility index (Phi) is 9.00. The molecule has 0 atom stereocenters. The van der Waals surface area contributed by atoms with Gasteiger partial charge in [-0.2, -0.15) is 0 Å². The van der Waals surface area contributed by atoms with Gasteiger partial charge in [0.25, 0.3) is 0 Å². The Labute approximate surface area is 186 Å². The van der Waals surface area contributed by atoms with Crippen molar-refractivity contribution in [3.63, 3.8) is 0 Å². The smallest absolute Gasteiger partial charge is 0.191 e. The standard InChI is InChI=1S/C24H34ClN5/c1-26-24(27-12-11-20-5-3-6-23(25)17-20)28-18-21-7-9-22(10-8-21)19-30-14-4-13-29(2)15-16-30/h3,5-10,17H,4,11-16,18-19H2,1-2H3,(H2,26,27,28). The van der Waals surface area contributed by atoms with Crippen molar-refractivity contribution in [3.05, 3.63) is 70.2 Å². The van der Waals surface area contributed by atoms with Crippen molar-refractivity contribution in [3.8, 4) is 0 Å². The predicted octanol–water partition coefficient (Wildman–Crippen LogP) is 3.39. The van der Waals surface area contributed by atoms with Crippen LogP contribution in [0.2, 0.25) is 5.02 Å². The summed E-state index contributed by atoms with van der Waals surface area (Å²) in [5.41, 5.74) is 3.86. The van der Waals surface area contributed by atoms with Crippen LogP contribution in [-0.4, -0.2) is 62.6 Å². The average molecular weight is 428 g/mol. The minimum atomic E-state index is 0.756. The summed E-state index contributed by atoms with van der Waals surface area (Å²) in [5, 5.41) is 7.54. The minimum Gasteiger partial charge on any atom is -0.356 e. The topological polar surface area (TPSA) is 42.9 Å². The fraction of sp³-hybridized carbons (Fsp3) is 0.458. The second-order valence-corrected chi connectivity index (χ2v) is 8.42. The first-order chi connectivity index (χ1) is 14.6. The zero-order valence-electron chi connectivity index (χ0n) is 18.2. The van der Waals surface area contributed by atoms with Crippen molar-refractivity contribution in [2.24, 2.45) is 4.99 Å². The van der Waals surface area contributed by atoms with Crippen molar-refractivity contribution >= 4 is 17.6 Å². The zero-order chi connectivity index (χ0) is 21.2. The van der Waals surface area contributed by atoms with Crippen LogP contribution in [0.4, 0.5) is 0 Å². The average Bonchev–Trinajstić information content (AvgIpc) is 2.95. The molecule has 0 radical (unpaired) electrons. The van der Waals surface area contributed by atoms with Crippen molar-refractivity contribution in [2.75, 3.05) is 46.8 Å². The van der Waals surface area contributed by atoms with Gasteiger partial charge in [-0.05, 0) is 61.8 Å². The molecule has 0 amide bonds. The third-order valence-electron chi connectivity index (χ3n) is 5.52. The molecule has 1 heterocycles. The summed E-state index contributed by atoms with van der Waals surface area (Å²) in [6, 6.07) is 16.9. The molecule has 30 heavy (non-hydrogen) atoms. The molecule has 1 aliphatic heterocycles. The summed E-state index contributed by atoms with van der Waals surface area (Å²) in [4.78, 5) is 9.30. The van der Waals surface area contributed by atoms with Gasteiger partial charge >= 0.3 is 0 Å². The number of benzene rings is 2. The monoisotopic (exact) mass is 427 g/mol. The molecule has 6 heteroatoms. The number of hydrogen-bond donors (Lipinski definition) is 2. The van der Waals surface area contributed by atoms with Crippen LogP contribution in [-0.2, 0) is 19.5 Å². The lowest BCUT2D eigenvalue weighted by molar-refractivity contribution is 0.269. The van der Waals surface area contributed by atoms with E-state index in [1.165, 1.54) is 36.2 Å². The van der Waals surface area contributed by atoms with Crippen LogP contribution in [0.3, 0.4) is 0 Å². The van der Waals surface area contributed by atoms with E-state index in [1.54, 1.807) is 7.05 Å². The third-order valence-corrected chi connectivity index (χ3v) is 5.76. The largest absolute Gasteiger partial charge is 0.356 e. The highest BCUT2D eigenvalue weighted by Crippen LogP contribution is 2.11. The van der Waals surface area contributed by atoms with Crippen molar-refractivity contribution in [1.82, 2.24) is 20.4 Å². The molecule has 5 nitrogen and oxygen atoms in total. The van der Waals surface area contributed by atoms with Crippen LogP contribution in [0, 0.1) is 0 Å². The Hall–Kier alpha value is -2.08. The number of halogens is 1. The van der Waals surface area contributed by atoms with Gasteiger partial charge in [-0.3, -0.25) is 9.89 Å². The Balaban J connectivity index is 1.40. The Bertz CT molecular complexity index is 805. The molecule has 1 saturated heterocycles. The van der Waals surface area contributed by atoms with Gasteiger partial charge in [-0.1, -0.05) is 48.0 Å². The van der Waals surface area contributed by atoms with Crippen LogP contribution in [0.25, 0.3) is 0 Å². The molecular formula is C24H34ClN5. The fourth-order valence-corrected chi connectivity index (χ4v) is 3.92. The Morgan fingerprint density at radius 2 is 1.77 bits per heavy atom. The highest BCUT2D eigenvalue weighted by Gasteiger charge is 2.12. The summed E-state index contributed by atoms with van der Waals surface area (Å²) >= 11 is 6.05. The number of nitrogens with zero attached hydrogens (tertiary/aromatic N) is 3. The van der Waals surface area contributed by atoms with E-state index in [4.69, 9.17) is 11.6 Å². The highest BCUT2D eigenvalue weighted by atomic mass is 35.5. The van der Waals surface area contributed by atoms with E-state index < -0.39 is 0 Å². The first-order valence-electron chi connectivity index (χ1n) is 10.8. The normalized spacial score (nSPS) is 16.3. The predicted molar refractivity (Wildman–Crippen MR) is 127 cm³/mol. The molecule has 2 aromatic rings. The maximum absolute atomic E-state index is 6.05. The van der Waals surface area contributed by atoms with Gasteiger partial charge in [-0.15, -0.1) is 0 Å². The van der Waals surface area contributed by atoms with Crippen molar-refractivity contribution < 1.29 is 0 Å². The van der Waals surface area contributed by atoms with Crippen LogP contribution in [0.1, 0.15) is 23.1 Å². The summed E-state index contributed by atoms with van der Waals surface area (Å²) < 4.78 is 0. The molecule has 0 aliphatic carbocycles. The molecule has 0 spiro atoms. The molecule has 1 aliphatic rings. The second-order valence-electron chi connectivity index (χ2n) is 7.98. The van der Waals surface area contributed by atoms with Crippen molar-refractivity contribution in [1.29, 1.82) is 0 Å². The minimum absolute atomic E-state index is 0.756. The molecule has 2 N–H and O–H groups in total. The first kappa shape index (κ1) is 22.6. The van der Waals surface area contributed by atoms with E-state index in [1.807, 2.05) is 18.2 Å². The number of nitrogens with one attached hydrogen (secondary N) is 2. The fourth-order valence-electron chi connectivity index (χ4n) is 3.70. The number of likely N-dealkylation sites (N-methyl/N-ethyl adjacent to an activating group) is 1. The number of rotatable bonds is 7. The zero-order valence-corrected chi connectivity index (χ0v) is 19.0. The summed E-state index contributed by atoms with van der Waals surface area (Å²) in [6.45, 7) is 7.30. The molecule has 1 fully saturated rings. The van der Waals surface area contributed by atoms with E-state index in [0.29, 0.717) is 0 Å². The lowest BCUT2D eigenvalue weighted by Gasteiger charge is -2.20. The molecule has 0 bridgehead atoms. The van der Waals surface area contributed by atoms with E-state index in [0.717, 1.165) is 50.1 Å². The Morgan fingerprint density at radius 3 is 2.53 bits per heavy atom. The second kappa shape index (κ2) is 11.9. The lowest BCUT2D eigenvalue weighted by Crippen LogP contribution is -2.37. The van der Waals surface area contributed by atoms with E-state index in [9.17, 15) is 0 Å². The SMILES string of the molecule is CN=C(NCCc1cccc(Cl)c1)NCc1ccc(CN2CCCN(C)CC2)cc1. The summed E-state index contributed by atoms with van der Waals surface area (Å²) in [7, 11) is 4.02. The van der Waals surface area contributed by atoms with E-state index in [2.05, 4.69) is 62.8 Å². The third kappa shape index (κ3) is 7.63. The van der Waals surface area contributed by atoms with Gasteiger partial charge in [0, 0.05) is 44.8 Å². The molecule has 0 aromatic heterocycles. The van der Waals surface area contributed by atoms with Crippen LogP contribution < -0.4 is 10.6 Å². The molecule has 2 aromatic carbocycles. The molecular weight excluding hydrogens is 394 g/mol. The number of hydrogen-bond acceptors (Lipinski definition) is 3. The summed E-state index contributed by atoms with van der Waals surface area (Å²) in [6.07, 6.45) is 2.16. The van der Waals surface area contributed by atoms with Gasteiger partial charge in [-0.25, -0.2) is 0 Å². The molecule has 0 saturated carbocycles. The van der Waals surface area contributed by atoms with Crippen LogP contribution in [0.5, 0.6) is 0 Å². The molecule has 162 valence electrons. The van der Waals surface area contributed by atoms with Gasteiger partial charge in [0.2, 0.25) is 0 Å². The number of aliphatic imine (C=N–C) groups is 1. The lowest BCUT2D eigenvalue weighted by atomic mass is 10.1. The maximum Gasteiger partial charge on any atom is 0.191 e. The molecule has 0 unspecified atom stereocenters. The van der Waals surface area contributed by atoms with E-state index >= 15 is 0 Å².